The lowest BCUT2D eigenvalue weighted by Gasteiger charge is -2.33. The molecule has 1 aromatic rings. The molecule has 0 unspecified atom stereocenters. The van der Waals surface area contributed by atoms with Gasteiger partial charge < -0.3 is 15.2 Å². The number of carbonyl (C=O) groups is 2. The maximum atomic E-state index is 12.2. The number of rotatable bonds is 4. The number of halogens is 2. The Balaban J connectivity index is 2.11. The zero-order chi connectivity index (χ0) is 15.5. The van der Waals surface area contributed by atoms with E-state index in [2.05, 4.69) is 5.32 Å². The molecule has 1 amide bonds. The van der Waals surface area contributed by atoms with Gasteiger partial charge in [0.25, 0.3) is 5.91 Å². The second-order valence-electron chi connectivity index (χ2n) is 4.98. The molecule has 1 fully saturated rings. The number of hydrogen-bond acceptors (Lipinski definition) is 3. The zero-order valence-corrected chi connectivity index (χ0v) is 12.7. The van der Waals surface area contributed by atoms with Crippen molar-refractivity contribution in [2.75, 3.05) is 19.8 Å². The highest BCUT2D eigenvalue weighted by molar-refractivity contribution is 6.39. The van der Waals surface area contributed by atoms with Crippen molar-refractivity contribution < 1.29 is 19.4 Å². The van der Waals surface area contributed by atoms with Gasteiger partial charge in [-0.05, 0) is 25.0 Å². The molecule has 5 nitrogen and oxygen atoms in total. The molecule has 0 bridgehead atoms. The fourth-order valence-electron chi connectivity index (χ4n) is 2.28. The molecule has 1 aliphatic heterocycles. The van der Waals surface area contributed by atoms with Crippen LogP contribution in [0.3, 0.4) is 0 Å². The first-order chi connectivity index (χ1) is 9.96. The van der Waals surface area contributed by atoms with Gasteiger partial charge in [-0.2, -0.15) is 0 Å². The van der Waals surface area contributed by atoms with Crippen molar-refractivity contribution in [2.45, 2.75) is 12.8 Å². The van der Waals surface area contributed by atoms with Crippen LogP contribution in [0.5, 0.6) is 0 Å². The van der Waals surface area contributed by atoms with E-state index in [1.165, 1.54) is 0 Å². The third-order valence-corrected chi connectivity index (χ3v) is 4.31. The van der Waals surface area contributed by atoms with Gasteiger partial charge in [-0.25, -0.2) is 0 Å². The van der Waals surface area contributed by atoms with Crippen molar-refractivity contribution in [3.63, 3.8) is 0 Å². The van der Waals surface area contributed by atoms with Crippen molar-refractivity contribution >= 4 is 35.1 Å². The van der Waals surface area contributed by atoms with Crippen LogP contribution < -0.4 is 5.32 Å². The maximum absolute atomic E-state index is 12.2. The van der Waals surface area contributed by atoms with Gasteiger partial charge in [-0.15, -0.1) is 0 Å². The molecular formula is C14H15Cl2NO4. The second kappa shape index (κ2) is 6.64. The molecule has 1 aliphatic rings. The van der Waals surface area contributed by atoms with Gasteiger partial charge in [0.05, 0.1) is 21.0 Å². The minimum absolute atomic E-state index is 0.0199. The smallest absolute Gasteiger partial charge is 0.311 e. The Morgan fingerprint density at radius 2 is 1.81 bits per heavy atom. The third kappa shape index (κ3) is 3.48. The fraction of sp³-hybridized carbons (Fsp3) is 0.429. The van der Waals surface area contributed by atoms with E-state index in [0.29, 0.717) is 26.1 Å². The van der Waals surface area contributed by atoms with Crippen LogP contribution in [0.15, 0.2) is 18.2 Å². The highest BCUT2D eigenvalue weighted by atomic mass is 35.5. The van der Waals surface area contributed by atoms with Gasteiger partial charge in [-0.1, -0.05) is 29.3 Å². The first kappa shape index (κ1) is 16.1. The van der Waals surface area contributed by atoms with E-state index in [1.807, 2.05) is 0 Å². The first-order valence-corrected chi connectivity index (χ1v) is 7.25. The normalized spacial score (nSPS) is 17.2. The van der Waals surface area contributed by atoms with Gasteiger partial charge in [0.1, 0.15) is 0 Å². The standard InChI is InChI=1S/C14H15Cl2NO4/c15-9-2-1-3-10(16)11(9)12(18)17-8-14(13(19)20)4-6-21-7-5-14/h1-3H,4-8H2,(H,17,18)(H,19,20). The highest BCUT2D eigenvalue weighted by Crippen LogP contribution is 2.31. The average molecular weight is 332 g/mol. The van der Waals surface area contributed by atoms with E-state index in [0.717, 1.165) is 0 Å². The second-order valence-corrected chi connectivity index (χ2v) is 5.79. The molecule has 0 atom stereocenters. The number of carbonyl (C=O) groups excluding carboxylic acids is 1. The van der Waals surface area contributed by atoms with Gasteiger partial charge in [0.2, 0.25) is 0 Å². The quantitative estimate of drug-likeness (QED) is 0.889. The first-order valence-electron chi connectivity index (χ1n) is 6.50. The van der Waals surface area contributed by atoms with Crippen LogP contribution in [-0.2, 0) is 9.53 Å². The molecule has 1 heterocycles. The van der Waals surface area contributed by atoms with E-state index in [-0.39, 0.29) is 22.2 Å². The Morgan fingerprint density at radius 1 is 1.24 bits per heavy atom. The minimum atomic E-state index is -0.998. The lowest BCUT2D eigenvalue weighted by Crippen LogP contribution is -2.46. The highest BCUT2D eigenvalue weighted by Gasteiger charge is 2.40. The summed E-state index contributed by atoms with van der Waals surface area (Å²) in [4.78, 5) is 23.7. The summed E-state index contributed by atoms with van der Waals surface area (Å²) >= 11 is 11.9. The molecule has 21 heavy (non-hydrogen) atoms. The van der Waals surface area contributed by atoms with Crippen LogP contribution in [0, 0.1) is 5.41 Å². The molecule has 0 radical (unpaired) electrons. The molecule has 1 aromatic carbocycles. The molecule has 1 saturated heterocycles. The van der Waals surface area contributed by atoms with Crippen molar-refractivity contribution in [3.8, 4) is 0 Å². The summed E-state index contributed by atoms with van der Waals surface area (Å²) in [5, 5.41) is 12.5. The molecule has 0 aromatic heterocycles. The van der Waals surface area contributed by atoms with Crippen LogP contribution in [0.4, 0.5) is 0 Å². The Kier molecular flexibility index (Phi) is 5.08. The summed E-state index contributed by atoms with van der Waals surface area (Å²) in [7, 11) is 0. The summed E-state index contributed by atoms with van der Waals surface area (Å²) < 4.78 is 5.19. The van der Waals surface area contributed by atoms with Crippen molar-refractivity contribution in [1.82, 2.24) is 5.32 Å². The Labute approximate surface area is 132 Å². The van der Waals surface area contributed by atoms with Crippen molar-refractivity contribution in [1.29, 1.82) is 0 Å². The molecule has 2 N–H and O–H groups in total. The molecule has 0 saturated carbocycles. The summed E-state index contributed by atoms with van der Waals surface area (Å²) in [5.41, 5.74) is -0.838. The Morgan fingerprint density at radius 3 is 2.33 bits per heavy atom. The van der Waals surface area contributed by atoms with Crippen LogP contribution in [0.25, 0.3) is 0 Å². The van der Waals surface area contributed by atoms with Gasteiger partial charge >= 0.3 is 5.97 Å². The number of benzene rings is 1. The monoisotopic (exact) mass is 331 g/mol. The number of carboxylic acids is 1. The topological polar surface area (TPSA) is 75.6 Å². The summed E-state index contributed by atoms with van der Waals surface area (Å²) in [5.74, 6) is -1.41. The molecule has 0 aliphatic carbocycles. The van der Waals surface area contributed by atoms with E-state index >= 15 is 0 Å². The molecule has 0 spiro atoms. The third-order valence-electron chi connectivity index (χ3n) is 3.68. The van der Waals surface area contributed by atoms with E-state index in [4.69, 9.17) is 27.9 Å². The van der Waals surface area contributed by atoms with E-state index < -0.39 is 17.3 Å². The number of nitrogens with one attached hydrogen (secondary N) is 1. The summed E-state index contributed by atoms with van der Waals surface area (Å²) in [6, 6.07) is 4.76. The van der Waals surface area contributed by atoms with Crippen molar-refractivity contribution in [2.24, 2.45) is 5.41 Å². The van der Waals surface area contributed by atoms with E-state index in [9.17, 15) is 14.7 Å². The fourth-order valence-corrected chi connectivity index (χ4v) is 2.85. The molecular weight excluding hydrogens is 317 g/mol. The number of amides is 1. The summed E-state index contributed by atoms with van der Waals surface area (Å²) in [6.45, 7) is 0.760. The summed E-state index contributed by atoms with van der Waals surface area (Å²) in [6.07, 6.45) is 0.720. The minimum Gasteiger partial charge on any atom is -0.481 e. The van der Waals surface area contributed by atoms with Crippen LogP contribution in [0.2, 0.25) is 10.0 Å². The number of aliphatic carboxylic acids is 1. The maximum Gasteiger partial charge on any atom is 0.311 e. The largest absolute Gasteiger partial charge is 0.481 e. The lowest BCUT2D eigenvalue weighted by atomic mass is 9.80. The number of ether oxygens (including phenoxy) is 1. The average Bonchev–Trinajstić information content (AvgIpc) is 2.46. The lowest BCUT2D eigenvalue weighted by molar-refractivity contribution is -0.154. The Bertz CT molecular complexity index is 536. The van der Waals surface area contributed by atoms with Crippen molar-refractivity contribution in [3.05, 3.63) is 33.8 Å². The molecule has 2 rings (SSSR count). The SMILES string of the molecule is O=C(NCC1(C(=O)O)CCOCC1)c1c(Cl)cccc1Cl. The van der Waals surface area contributed by atoms with Crippen LogP contribution >= 0.6 is 23.2 Å². The predicted octanol–water partition coefficient (Wildman–Crippen LogP) is 2.60. The van der Waals surface area contributed by atoms with Crippen LogP contribution in [0.1, 0.15) is 23.2 Å². The predicted molar refractivity (Wildman–Crippen MR) is 78.9 cm³/mol. The van der Waals surface area contributed by atoms with Gasteiger partial charge in [0, 0.05) is 19.8 Å². The van der Waals surface area contributed by atoms with Crippen LogP contribution in [-0.4, -0.2) is 36.7 Å². The molecule has 114 valence electrons. The van der Waals surface area contributed by atoms with Gasteiger partial charge in [0.15, 0.2) is 0 Å². The number of carboxylic acid groups (broad SMARTS) is 1. The van der Waals surface area contributed by atoms with Gasteiger partial charge in [-0.3, -0.25) is 9.59 Å². The van der Waals surface area contributed by atoms with E-state index in [1.54, 1.807) is 18.2 Å². The zero-order valence-electron chi connectivity index (χ0n) is 11.2. The molecule has 7 heteroatoms. The number of hydrogen-bond donors (Lipinski definition) is 2. The Hall–Kier alpha value is -1.30.